The summed E-state index contributed by atoms with van der Waals surface area (Å²) < 4.78 is 52.6. The summed E-state index contributed by atoms with van der Waals surface area (Å²) in [6, 6.07) is 4.62. The van der Waals surface area contributed by atoms with Crippen LogP contribution in [0.5, 0.6) is 17.4 Å². The largest absolute Gasteiger partial charge is 0.496 e. The number of aromatic nitrogens is 1. The number of ether oxygens (including phenoxy) is 4. The smallest absolute Gasteiger partial charge is 0.408 e. The number of ketones is 1. The maximum absolute atomic E-state index is 15.2. The summed E-state index contributed by atoms with van der Waals surface area (Å²) in [6.45, 7) is 6.06. The second-order valence-corrected chi connectivity index (χ2v) is 19.6. The average molecular weight is 847 g/mol. The number of hydrogen-bond acceptors (Lipinski definition) is 11. The van der Waals surface area contributed by atoms with Crippen LogP contribution in [0.1, 0.15) is 109 Å². The summed E-state index contributed by atoms with van der Waals surface area (Å²) in [7, 11) is -2.30. The molecule has 60 heavy (non-hydrogen) atoms. The van der Waals surface area contributed by atoms with E-state index in [0.29, 0.717) is 54.2 Å². The van der Waals surface area contributed by atoms with Crippen molar-refractivity contribution in [2.24, 2.45) is 29.6 Å². The number of sulfonamides is 1. The van der Waals surface area contributed by atoms with Crippen LogP contribution in [0.3, 0.4) is 0 Å². The number of hydrogen-bond donors (Lipinski definition) is 3. The van der Waals surface area contributed by atoms with Crippen molar-refractivity contribution in [3.05, 3.63) is 42.5 Å². The number of benzene rings is 1. The van der Waals surface area contributed by atoms with Crippen LogP contribution in [0.4, 0.5) is 4.79 Å². The lowest BCUT2D eigenvalue weighted by molar-refractivity contribution is -0.136. The summed E-state index contributed by atoms with van der Waals surface area (Å²) in [5.74, 6) is -2.68. The molecule has 14 nitrogen and oxygen atoms in total. The number of rotatable bonds is 10. The van der Waals surface area contributed by atoms with Gasteiger partial charge >= 0.3 is 6.09 Å². The molecule has 2 aromatic rings. The molecule has 4 bridgehead atoms. The molecule has 5 fully saturated rings. The Balaban J connectivity index is 1.18. The number of carbonyl (C=O) groups excluding carboxylic acids is 4. The van der Waals surface area contributed by atoms with E-state index in [1.165, 1.54) is 0 Å². The Morgan fingerprint density at radius 1 is 1.00 bits per heavy atom. The molecule has 5 saturated carbocycles. The van der Waals surface area contributed by atoms with Gasteiger partial charge in [-0.15, -0.1) is 6.58 Å². The summed E-state index contributed by atoms with van der Waals surface area (Å²) in [5.41, 5.74) is -0.149. The zero-order valence-electron chi connectivity index (χ0n) is 34.6. The van der Waals surface area contributed by atoms with E-state index in [1.807, 2.05) is 25.1 Å². The maximum Gasteiger partial charge on any atom is 0.408 e. The third kappa shape index (κ3) is 8.73. The van der Waals surface area contributed by atoms with Gasteiger partial charge in [-0.25, -0.2) is 18.2 Å². The van der Waals surface area contributed by atoms with E-state index >= 15 is 4.79 Å². The number of carbonyl (C=O) groups is 4. The molecule has 0 radical (unpaired) electrons. The predicted molar refractivity (Wildman–Crippen MR) is 224 cm³/mol. The highest BCUT2D eigenvalue weighted by Gasteiger charge is 2.62. The molecule has 1 unspecified atom stereocenters. The number of nitrogens with one attached hydrogen (secondary N) is 3. The number of methoxy groups -OCH3 is 1. The molecule has 1 aliphatic heterocycles. The van der Waals surface area contributed by atoms with Crippen molar-refractivity contribution in [3.8, 4) is 17.4 Å². The van der Waals surface area contributed by atoms with Gasteiger partial charge in [0, 0.05) is 34.9 Å². The standard InChI is InChI=1S/C45H58N4O10S/c1-4-29-25-45(29,43(52)49-60(54,55)31-18-19-31)48-42(51)33-22-30-21-32(33)41(50)40(27-13-7-6-8-14-27)47-44(53)59-36-17-10-9-12-26(36)15-11-16-28-20-34-35(23-37(28)56-3)46-39(57-5-2)24-38(34)58-30/h4,11,16,20,23-24,26-27,29-33,36,40H,1,5-10,12-15,17-19,21-22,25H2,2-3H3,(H,47,53)(H,48,51)(H,49,52)/t26-,29+,30-,32?,33+,36+,40-,45+/m0/s1. The van der Waals surface area contributed by atoms with Gasteiger partial charge in [0.2, 0.25) is 21.8 Å². The number of pyridine rings is 1. The van der Waals surface area contributed by atoms with Crippen LogP contribution in [0, 0.1) is 29.6 Å². The van der Waals surface area contributed by atoms with E-state index in [1.54, 1.807) is 19.3 Å². The molecule has 1 aromatic heterocycles. The minimum absolute atomic E-state index is 0.0819. The Labute approximate surface area is 352 Å². The number of fused-ring (bicyclic) bond motifs is 4. The van der Waals surface area contributed by atoms with Gasteiger partial charge in [-0.3, -0.25) is 19.1 Å². The van der Waals surface area contributed by atoms with Gasteiger partial charge in [-0.2, -0.15) is 0 Å². The minimum atomic E-state index is -3.90. The molecule has 0 saturated heterocycles. The molecule has 8 atom stereocenters. The summed E-state index contributed by atoms with van der Waals surface area (Å²) >= 11 is 0. The molecule has 0 spiro atoms. The molecular weight excluding hydrogens is 789 g/mol. The van der Waals surface area contributed by atoms with Crippen LogP contribution in [0.25, 0.3) is 17.0 Å². The Morgan fingerprint density at radius 2 is 1.75 bits per heavy atom. The Morgan fingerprint density at radius 3 is 2.47 bits per heavy atom. The Bertz CT molecular complexity index is 2150. The van der Waals surface area contributed by atoms with Crippen molar-refractivity contribution in [2.45, 2.75) is 132 Å². The first-order chi connectivity index (χ1) is 28.9. The number of allylic oxidation sites excluding steroid dienone is 1. The fraction of sp³-hybridized carbons (Fsp3) is 0.622. The van der Waals surface area contributed by atoms with Gasteiger partial charge in [0.25, 0.3) is 5.91 Å². The van der Waals surface area contributed by atoms with E-state index in [-0.39, 0.29) is 43.0 Å². The van der Waals surface area contributed by atoms with Crippen molar-refractivity contribution in [2.75, 3.05) is 13.7 Å². The van der Waals surface area contributed by atoms with Crippen LogP contribution in [0.2, 0.25) is 0 Å². The molecule has 324 valence electrons. The van der Waals surface area contributed by atoms with Gasteiger partial charge in [0.05, 0.1) is 36.4 Å². The van der Waals surface area contributed by atoms with Gasteiger partial charge in [0.1, 0.15) is 29.2 Å². The van der Waals surface area contributed by atoms with Crippen LogP contribution in [0.15, 0.2) is 36.9 Å². The van der Waals surface area contributed by atoms with E-state index in [0.717, 1.165) is 63.4 Å². The predicted octanol–water partition coefficient (Wildman–Crippen LogP) is 6.30. The summed E-state index contributed by atoms with van der Waals surface area (Å²) in [4.78, 5) is 62.2. The SMILES string of the molecule is C=C[C@@H]1C[C@]1(NC(=O)[C@@H]1C[C@@H]2CC1C(=O)[C@H](C1CCCCC1)NC(=O)O[C@@H]1CCCC[C@H]1CC=Cc1cc3c(cc(OCC)nc3cc1OC)O2)C(=O)NS(=O)(=O)C1CC1. The zero-order valence-corrected chi connectivity index (χ0v) is 35.4. The van der Waals surface area contributed by atoms with Crippen molar-refractivity contribution >= 4 is 50.7 Å². The van der Waals surface area contributed by atoms with Crippen molar-refractivity contribution < 1.29 is 46.5 Å². The van der Waals surface area contributed by atoms with E-state index < -0.39 is 68.6 Å². The highest BCUT2D eigenvalue weighted by Crippen LogP contribution is 2.47. The third-order valence-corrected chi connectivity index (χ3v) is 15.5. The maximum atomic E-state index is 15.2. The highest BCUT2D eigenvalue weighted by atomic mass is 32.2. The van der Waals surface area contributed by atoms with E-state index in [9.17, 15) is 22.8 Å². The molecule has 3 amide bonds. The monoisotopic (exact) mass is 846 g/mol. The van der Waals surface area contributed by atoms with Crippen molar-refractivity contribution in [1.82, 2.24) is 20.3 Å². The molecular formula is C45H58N4O10S. The normalized spacial score (nSPS) is 31.1. The lowest BCUT2D eigenvalue weighted by atomic mass is 9.77. The van der Waals surface area contributed by atoms with Crippen LogP contribution in [-0.4, -0.2) is 79.8 Å². The molecule has 2 heterocycles. The topological polar surface area (TPSA) is 188 Å². The van der Waals surface area contributed by atoms with Crippen molar-refractivity contribution in [1.29, 1.82) is 0 Å². The fourth-order valence-electron chi connectivity index (χ4n) is 10.1. The third-order valence-electron chi connectivity index (χ3n) is 13.7. The first-order valence-corrected chi connectivity index (χ1v) is 23.5. The highest BCUT2D eigenvalue weighted by molar-refractivity contribution is 7.91. The number of Topliss-reactive ketones (excluding diaryl/α,β-unsaturated/α-hetero) is 1. The molecule has 1 aromatic carbocycles. The zero-order chi connectivity index (χ0) is 42.2. The Kier molecular flexibility index (Phi) is 12.2. The second kappa shape index (κ2) is 17.4. The van der Waals surface area contributed by atoms with Gasteiger partial charge < -0.3 is 29.6 Å². The second-order valence-electron chi connectivity index (χ2n) is 17.7. The van der Waals surface area contributed by atoms with Crippen molar-refractivity contribution in [3.63, 3.8) is 0 Å². The molecule has 5 aliphatic carbocycles. The molecule has 3 N–H and O–H groups in total. The van der Waals surface area contributed by atoms with Gasteiger partial charge in [0.15, 0.2) is 5.78 Å². The molecule has 15 heteroatoms. The first kappa shape index (κ1) is 42.0. The Hall–Kier alpha value is -4.66. The fourth-order valence-corrected chi connectivity index (χ4v) is 11.5. The lowest BCUT2D eigenvalue weighted by Crippen LogP contribution is -2.55. The van der Waals surface area contributed by atoms with Crippen LogP contribution < -0.4 is 29.6 Å². The summed E-state index contributed by atoms with van der Waals surface area (Å²) in [6.07, 6.45) is 14.0. The quantitative estimate of drug-likeness (QED) is 0.228. The van der Waals surface area contributed by atoms with Gasteiger partial charge in [-0.1, -0.05) is 43.9 Å². The van der Waals surface area contributed by atoms with Crippen LogP contribution in [-0.2, 0) is 29.1 Å². The summed E-state index contributed by atoms with van der Waals surface area (Å²) in [5, 5.41) is 6.00. The minimum Gasteiger partial charge on any atom is -0.496 e. The average Bonchev–Trinajstić information content (AvgIpc) is 4.17. The number of amides is 3. The van der Waals surface area contributed by atoms with Gasteiger partial charge in [-0.05, 0) is 95.5 Å². The number of alkyl carbamates (subject to hydrolysis) is 1. The first-order valence-electron chi connectivity index (χ1n) is 21.9. The molecule has 8 rings (SSSR count). The van der Waals surface area contributed by atoms with E-state index in [4.69, 9.17) is 23.9 Å². The van der Waals surface area contributed by atoms with Crippen LogP contribution >= 0.6 is 0 Å². The lowest BCUT2D eigenvalue weighted by Gasteiger charge is -2.34. The number of nitrogens with zero attached hydrogens (tertiary/aromatic N) is 1. The van der Waals surface area contributed by atoms with E-state index in [2.05, 4.69) is 28.0 Å². The molecule has 6 aliphatic rings.